The summed E-state index contributed by atoms with van der Waals surface area (Å²) in [6.45, 7) is 4.92. The maximum Gasteiger partial charge on any atom is 0.217 e. The number of amides is 1. The molecule has 1 N–H and O–H groups in total. The van der Waals surface area contributed by atoms with Crippen LogP contribution in [-0.2, 0) is 16.1 Å². The zero-order chi connectivity index (χ0) is 24.8. The predicted molar refractivity (Wildman–Crippen MR) is 136 cm³/mol. The van der Waals surface area contributed by atoms with Crippen LogP contribution < -0.4 is 15.0 Å². The van der Waals surface area contributed by atoms with Gasteiger partial charge in [-0.15, -0.1) is 0 Å². The summed E-state index contributed by atoms with van der Waals surface area (Å²) in [6.07, 6.45) is 7.51. The molecule has 0 bridgehead atoms. The molecule has 1 aliphatic carbocycles. The number of carbonyl (C=O) groups excluding carboxylic acids is 2. The van der Waals surface area contributed by atoms with E-state index in [4.69, 9.17) is 4.74 Å². The molecule has 0 aromatic heterocycles. The Balaban J connectivity index is 1.43. The third kappa shape index (κ3) is 6.41. The predicted octanol–water partition coefficient (Wildman–Crippen LogP) is 5.73. The number of para-hydroxylation sites is 2. The standard InChI is InChI=1S/C29H37FN2O3/c1-21-24(8-5-9-26(21)30)20-32-18-17-29(35-28-11-4-3-10-27(28)32)15-6-7-23(14-16-29)12-13-25(34)19-31-22(2)33/h3-5,8-11,23H,6-7,12-20H2,1-2H3,(H,31,33). The second kappa shape index (κ2) is 11.2. The van der Waals surface area contributed by atoms with Gasteiger partial charge in [0.1, 0.15) is 17.2 Å². The van der Waals surface area contributed by atoms with Crippen molar-refractivity contribution < 1.29 is 18.7 Å². The van der Waals surface area contributed by atoms with Gasteiger partial charge < -0.3 is 15.0 Å². The van der Waals surface area contributed by atoms with E-state index in [0.717, 1.165) is 68.5 Å². The van der Waals surface area contributed by atoms with Crippen LogP contribution in [0.4, 0.5) is 10.1 Å². The van der Waals surface area contributed by atoms with Crippen LogP contribution in [0.3, 0.4) is 0 Å². The van der Waals surface area contributed by atoms with E-state index in [9.17, 15) is 14.0 Å². The number of nitrogens with zero attached hydrogens (tertiary/aromatic N) is 1. The highest BCUT2D eigenvalue weighted by Gasteiger charge is 2.38. The number of benzene rings is 2. The number of anilines is 1. The molecule has 1 fully saturated rings. The zero-order valence-corrected chi connectivity index (χ0v) is 20.9. The molecule has 2 atom stereocenters. The fourth-order valence-electron chi connectivity index (χ4n) is 5.51. The molecule has 2 aromatic carbocycles. The quantitative estimate of drug-likeness (QED) is 0.550. The molecule has 4 rings (SSSR count). The second-order valence-electron chi connectivity index (χ2n) is 10.2. The number of carbonyl (C=O) groups is 2. The van der Waals surface area contributed by atoms with E-state index < -0.39 is 0 Å². The summed E-state index contributed by atoms with van der Waals surface area (Å²) in [5.41, 5.74) is 2.56. The van der Waals surface area contributed by atoms with Crippen molar-refractivity contribution in [3.05, 3.63) is 59.4 Å². The number of rotatable bonds is 7. The van der Waals surface area contributed by atoms with Crippen LogP contribution in [0, 0.1) is 18.7 Å². The average Bonchev–Trinajstić information content (AvgIpc) is 3.13. The minimum absolute atomic E-state index is 0.0992. The highest BCUT2D eigenvalue weighted by Crippen LogP contribution is 2.43. The Labute approximate surface area is 208 Å². The minimum atomic E-state index is -0.212. The number of fused-ring (bicyclic) bond motifs is 1. The Morgan fingerprint density at radius 3 is 2.77 bits per heavy atom. The van der Waals surface area contributed by atoms with E-state index in [1.54, 1.807) is 6.07 Å². The van der Waals surface area contributed by atoms with Gasteiger partial charge in [0.2, 0.25) is 5.91 Å². The number of ether oxygens (including phenoxy) is 1. The van der Waals surface area contributed by atoms with Gasteiger partial charge >= 0.3 is 0 Å². The molecule has 0 radical (unpaired) electrons. The molecule has 35 heavy (non-hydrogen) atoms. The second-order valence-corrected chi connectivity index (χ2v) is 10.2. The molecule has 6 heteroatoms. The number of nitrogens with one attached hydrogen (secondary N) is 1. The molecular formula is C29H37FN2O3. The van der Waals surface area contributed by atoms with Crippen molar-refractivity contribution in [2.75, 3.05) is 18.0 Å². The number of ketones is 1. The normalized spacial score (nSPS) is 22.0. The Bertz CT molecular complexity index is 1060. The first-order chi connectivity index (χ1) is 16.8. The Morgan fingerprint density at radius 1 is 1.11 bits per heavy atom. The molecule has 5 nitrogen and oxygen atoms in total. The van der Waals surface area contributed by atoms with Crippen LogP contribution >= 0.6 is 0 Å². The van der Waals surface area contributed by atoms with E-state index in [-0.39, 0.29) is 29.7 Å². The van der Waals surface area contributed by atoms with Gasteiger partial charge in [-0.3, -0.25) is 9.59 Å². The summed E-state index contributed by atoms with van der Waals surface area (Å²) in [7, 11) is 0. The molecule has 2 aromatic rings. The highest BCUT2D eigenvalue weighted by molar-refractivity contribution is 5.85. The molecule has 1 saturated carbocycles. The lowest BCUT2D eigenvalue weighted by Gasteiger charge is -2.32. The Kier molecular flexibility index (Phi) is 8.09. The first-order valence-corrected chi connectivity index (χ1v) is 12.9. The third-order valence-electron chi connectivity index (χ3n) is 7.73. The Morgan fingerprint density at radius 2 is 1.94 bits per heavy atom. The lowest BCUT2D eigenvalue weighted by atomic mass is 9.88. The third-order valence-corrected chi connectivity index (χ3v) is 7.73. The van der Waals surface area contributed by atoms with E-state index in [2.05, 4.69) is 22.3 Å². The monoisotopic (exact) mass is 480 g/mol. The van der Waals surface area contributed by atoms with Gasteiger partial charge in [-0.05, 0) is 74.3 Å². The van der Waals surface area contributed by atoms with Crippen LogP contribution in [0.5, 0.6) is 5.75 Å². The van der Waals surface area contributed by atoms with Crippen LogP contribution in [0.15, 0.2) is 42.5 Å². The van der Waals surface area contributed by atoms with E-state index >= 15 is 0 Å². The number of Topliss-reactive ketones (excluding diaryl/α,β-unsaturated/α-hetero) is 1. The maximum atomic E-state index is 14.2. The molecule has 1 spiro atoms. The van der Waals surface area contributed by atoms with Crippen molar-refractivity contribution in [1.29, 1.82) is 0 Å². The molecule has 1 aliphatic heterocycles. The molecule has 1 amide bonds. The molecule has 1 heterocycles. The smallest absolute Gasteiger partial charge is 0.217 e. The lowest BCUT2D eigenvalue weighted by Crippen LogP contribution is -2.37. The molecule has 2 unspecified atom stereocenters. The van der Waals surface area contributed by atoms with Crippen LogP contribution in [-0.4, -0.2) is 30.4 Å². The van der Waals surface area contributed by atoms with Crippen LogP contribution in [0.1, 0.15) is 69.4 Å². The summed E-state index contributed by atoms with van der Waals surface area (Å²) >= 11 is 0. The van der Waals surface area contributed by atoms with Crippen molar-refractivity contribution in [3.63, 3.8) is 0 Å². The lowest BCUT2D eigenvalue weighted by molar-refractivity contribution is -0.124. The maximum absolute atomic E-state index is 14.2. The summed E-state index contributed by atoms with van der Waals surface area (Å²) in [5, 5.41) is 2.60. The molecule has 2 aliphatic rings. The van der Waals surface area contributed by atoms with Crippen molar-refractivity contribution >= 4 is 17.4 Å². The number of hydrogen-bond donors (Lipinski definition) is 1. The van der Waals surface area contributed by atoms with Gasteiger partial charge in [-0.2, -0.15) is 0 Å². The first-order valence-electron chi connectivity index (χ1n) is 12.9. The van der Waals surface area contributed by atoms with Crippen LogP contribution in [0.25, 0.3) is 0 Å². The van der Waals surface area contributed by atoms with E-state index in [1.165, 1.54) is 13.0 Å². The van der Waals surface area contributed by atoms with Crippen molar-refractivity contribution in [1.82, 2.24) is 5.32 Å². The summed E-state index contributed by atoms with van der Waals surface area (Å²) in [5.74, 6) is 1.18. The van der Waals surface area contributed by atoms with Gasteiger partial charge in [-0.1, -0.05) is 30.7 Å². The Hall–Kier alpha value is -2.89. The summed E-state index contributed by atoms with van der Waals surface area (Å²) < 4.78 is 21.0. The number of halogens is 1. The van der Waals surface area contributed by atoms with Crippen molar-refractivity contribution in [2.45, 2.75) is 77.4 Å². The van der Waals surface area contributed by atoms with Gasteiger partial charge in [0.05, 0.1) is 12.2 Å². The van der Waals surface area contributed by atoms with Crippen LogP contribution in [0.2, 0.25) is 0 Å². The molecule has 188 valence electrons. The fourth-order valence-corrected chi connectivity index (χ4v) is 5.51. The SMILES string of the molecule is CC(=O)NCC(=O)CCC1CCCC2(CC1)CCN(Cc1cccc(F)c1C)c1ccccc1O2. The number of hydrogen-bond acceptors (Lipinski definition) is 4. The van der Waals surface area contributed by atoms with Crippen molar-refractivity contribution in [3.8, 4) is 5.75 Å². The van der Waals surface area contributed by atoms with E-state index in [0.29, 0.717) is 24.4 Å². The molecular weight excluding hydrogens is 443 g/mol. The minimum Gasteiger partial charge on any atom is -0.485 e. The summed E-state index contributed by atoms with van der Waals surface area (Å²) in [4.78, 5) is 25.5. The average molecular weight is 481 g/mol. The van der Waals surface area contributed by atoms with Crippen molar-refractivity contribution in [2.24, 2.45) is 5.92 Å². The summed E-state index contributed by atoms with van der Waals surface area (Å²) in [6, 6.07) is 13.5. The molecule has 0 saturated heterocycles. The van der Waals surface area contributed by atoms with Gasteiger partial charge in [0.15, 0.2) is 5.78 Å². The zero-order valence-electron chi connectivity index (χ0n) is 20.9. The largest absolute Gasteiger partial charge is 0.485 e. The van der Waals surface area contributed by atoms with Gasteiger partial charge in [-0.25, -0.2) is 4.39 Å². The highest BCUT2D eigenvalue weighted by atomic mass is 19.1. The first kappa shape index (κ1) is 25.2. The van der Waals surface area contributed by atoms with Gasteiger partial charge in [0.25, 0.3) is 0 Å². The van der Waals surface area contributed by atoms with E-state index in [1.807, 2.05) is 25.1 Å². The topological polar surface area (TPSA) is 58.6 Å². The fraction of sp³-hybridized carbons (Fsp3) is 0.517. The van der Waals surface area contributed by atoms with Gasteiger partial charge in [0, 0.05) is 32.9 Å².